The molecule has 0 N–H and O–H groups in total. The summed E-state index contributed by atoms with van der Waals surface area (Å²) in [6.45, 7) is 5.86. The third kappa shape index (κ3) is 3.90. The summed E-state index contributed by atoms with van der Waals surface area (Å²) in [7, 11) is 0. The van der Waals surface area contributed by atoms with Crippen LogP contribution in [0.25, 0.3) is 0 Å². The van der Waals surface area contributed by atoms with Crippen LogP contribution in [0.1, 0.15) is 36.5 Å². The Morgan fingerprint density at radius 3 is 1.46 bits per heavy atom. The quantitative estimate of drug-likeness (QED) is 0.464. The normalized spacial score (nSPS) is 16.2. The smallest absolute Gasteiger partial charge is 0.0909 e. The van der Waals surface area contributed by atoms with Gasteiger partial charge in [-0.15, -0.1) is 11.8 Å². The number of likely N-dealkylation sites (tertiary alicyclic amines) is 1. The molecule has 0 aromatic heterocycles. The fourth-order valence-electron chi connectivity index (χ4n) is 4.32. The lowest BCUT2D eigenvalue weighted by Crippen LogP contribution is -2.37. The zero-order valence-electron chi connectivity index (χ0n) is 16.6. The van der Waals surface area contributed by atoms with E-state index < -0.39 is 0 Å². The molecule has 0 amide bonds. The number of thioether (sulfide) groups is 1. The van der Waals surface area contributed by atoms with Crippen molar-refractivity contribution < 1.29 is 0 Å². The summed E-state index contributed by atoms with van der Waals surface area (Å²) in [4.78, 5) is 2.58. The number of hydrogen-bond acceptors (Lipinski definition) is 2. The van der Waals surface area contributed by atoms with Crippen molar-refractivity contribution in [2.24, 2.45) is 0 Å². The Balaban J connectivity index is 1.82. The molecule has 0 atom stereocenters. The summed E-state index contributed by atoms with van der Waals surface area (Å²) in [5, 5.41) is 0.656. The molecule has 1 aliphatic heterocycles. The topological polar surface area (TPSA) is 3.24 Å². The van der Waals surface area contributed by atoms with Gasteiger partial charge in [-0.2, -0.15) is 0 Å². The first-order valence-corrected chi connectivity index (χ1v) is 11.3. The Bertz CT molecular complexity index is 743. The maximum absolute atomic E-state index is 2.58. The summed E-state index contributed by atoms with van der Waals surface area (Å²) in [6, 6.07) is 33.2. The Labute approximate surface area is 173 Å². The fraction of sp³-hybridized carbons (Fsp3) is 0.308. The minimum absolute atomic E-state index is 0.178. The lowest BCUT2D eigenvalue weighted by atomic mass is 9.84. The van der Waals surface area contributed by atoms with E-state index in [2.05, 4.69) is 115 Å². The van der Waals surface area contributed by atoms with Crippen LogP contribution in [0.3, 0.4) is 0 Å². The molecule has 0 aliphatic carbocycles. The van der Waals surface area contributed by atoms with Crippen LogP contribution in [-0.2, 0) is 4.75 Å². The zero-order valence-corrected chi connectivity index (χ0v) is 17.4. The second-order valence-electron chi connectivity index (χ2n) is 7.53. The monoisotopic (exact) mass is 387 g/mol. The van der Waals surface area contributed by atoms with Gasteiger partial charge in [0.15, 0.2) is 0 Å². The van der Waals surface area contributed by atoms with E-state index in [-0.39, 0.29) is 4.75 Å². The highest BCUT2D eigenvalue weighted by Crippen LogP contribution is 2.51. The van der Waals surface area contributed by atoms with Crippen LogP contribution in [0.15, 0.2) is 91.0 Å². The van der Waals surface area contributed by atoms with E-state index in [9.17, 15) is 0 Å². The van der Waals surface area contributed by atoms with Crippen LogP contribution >= 0.6 is 11.8 Å². The van der Waals surface area contributed by atoms with Crippen LogP contribution in [0.5, 0.6) is 0 Å². The van der Waals surface area contributed by atoms with E-state index in [1.54, 1.807) is 0 Å². The Morgan fingerprint density at radius 2 is 1.11 bits per heavy atom. The molecule has 144 valence electrons. The Morgan fingerprint density at radius 1 is 0.714 bits per heavy atom. The van der Waals surface area contributed by atoms with E-state index in [4.69, 9.17) is 0 Å². The average molecular weight is 388 g/mol. The minimum Gasteiger partial charge on any atom is -0.304 e. The maximum Gasteiger partial charge on any atom is 0.0909 e. The van der Waals surface area contributed by atoms with Gasteiger partial charge in [-0.05, 0) is 49.2 Å². The Kier molecular flexibility index (Phi) is 6.19. The molecule has 4 rings (SSSR count). The zero-order chi connectivity index (χ0) is 19.2. The van der Waals surface area contributed by atoms with Crippen molar-refractivity contribution >= 4 is 11.8 Å². The first kappa shape index (κ1) is 19.3. The SMILES string of the molecule is CCN1CCC(SC(c2ccccc2)(c2ccccc2)c2ccccc2)CC1. The molecule has 1 aliphatic rings. The first-order valence-electron chi connectivity index (χ1n) is 10.4. The Hall–Kier alpha value is -2.03. The number of benzene rings is 3. The number of rotatable bonds is 6. The van der Waals surface area contributed by atoms with Crippen LogP contribution < -0.4 is 0 Å². The van der Waals surface area contributed by atoms with Crippen molar-refractivity contribution in [3.8, 4) is 0 Å². The van der Waals surface area contributed by atoms with Crippen LogP contribution in [0.4, 0.5) is 0 Å². The van der Waals surface area contributed by atoms with Crippen molar-refractivity contribution in [3.63, 3.8) is 0 Å². The highest BCUT2D eigenvalue weighted by Gasteiger charge is 2.39. The molecular weight excluding hydrogens is 358 g/mol. The highest BCUT2D eigenvalue weighted by molar-refractivity contribution is 8.01. The molecule has 1 saturated heterocycles. The maximum atomic E-state index is 2.58. The van der Waals surface area contributed by atoms with Gasteiger partial charge >= 0.3 is 0 Å². The van der Waals surface area contributed by atoms with Gasteiger partial charge in [0.25, 0.3) is 0 Å². The van der Waals surface area contributed by atoms with Crippen molar-refractivity contribution in [2.75, 3.05) is 19.6 Å². The van der Waals surface area contributed by atoms with Crippen LogP contribution in [-0.4, -0.2) is 29.8 Å². The van der Waals surface area contributed by atoms with Gasteiger partial charge in [-0.25, -0.2) is 0 Å². The first-order chi connectivity index (χ1) is 13.8. The van der Waals surface area contributed by atoms with Gasteiger partial charge in [0.05, 0.1) is 4.75 Å². The third-order valence-electron chi connectivity index (χ3n) is 5.87. The molecular formula is C26H29NS. The molecule has 1 heterocycles. The summed E-state index contributed by atoms with van der Waals surface area (Å²) in [5.74, 6) is 0. The molecule has 2 heteroatoms. The number of hydrogen-bond donors (Lipinski definition) is 0. The minimum atomic E-state index is -0.178. The molecule has 0 unspecified atom stereocenters. The molecule has 3 aromatic rings. The van der Waals surface area contributed by atoms with Gasteiger partial charge in [-0.3, -0.25) is 0 Å². The van der Waals surface area contributed by atoms with E-state index >= 15 is 0 Å². The average Bonchev–Trinajstić information content (AvgIpc) is 2.80. The molecule has 0 radical (unpaired) electrons. The van der Waals surface area contributed by atoms with Crippen molar-refractivity contribution in [1.82, 2.24) is 4.90 Å². The van der Waals surface area contributed by atoms with Gasteiger partial charge in [0.2, 0.25) is 0 Å². The second kappa shape index (κ2) is 8.98. The molecule has 0 bridgehead atoms. The van der Waals surface area contributed by atoms with E-state index in [1.807, 2.05) is 0 Å². The van der Waals surface area contributed by atoms with Gasteiger partial charge < -0.3 is 4.90 Å². The van der Waals surface area contributed by atoms with Gasteiger partial charge in [-0.1, -0.05) is 97.9 Å². The largest absolute Gasteiger partial charge is 0.304 e. The lowest BCUT2D eigenvalue weighted by molar-refractivity contribution is 0.244. The number of nitrogens with zero attached hydrogens (tertiary/aromatic N) is 1. The summed E-state index contributed by atoms with van der Waals surface area (Å²) in [6.07, 6.45) is 2.51. The van der Waals surface area contributed by atoms with Crippen LogP contribution in [0.2, 0.25) is 0 Å². The summed E-state index contributed by atoms with van der Waals surface area (Å²) >= 11 is 2.16. The predicted molar refractivity (Wildman–Crippen MR) is 122 cm³/mol. The molecule has 1 nitrogen and oxygen atoms in total. The third-order valence-corrected chi connectivity index (χ3v) is 7.73. The van der Waals surface area contributed by atoms with E-state index in [0.29, 0.717) is 5.25 Å². The van der Waals surface area contributed by atoms with E-state index in [0.717, 1.165) is 0 Å². The van der Waals surface area contributed by atoms with Crippen LogP contribution in [0, 0.1) is 0 Å². The standard InChI is InChI=1S/C26H29NS/c1-2-27-20-18-25(19-21-27)28-26(22-12-6-3-7-13-22,23-14-8-4-9-15-23)24-16-10-5-11-17-24/h3-17,25H,2,18-21H2,1H3. The molecule has 28 heavy (non-hydrogen) atoms. The van der Waals surface area contributed by atoms with Gasteiger partial charge in [0, 0.05) is 5.25 Å². The predicted octanol–water partition coefficient (Wildman–Crippen LogP) is 6.20. The molecule has 1 fully saturated rings. The fourth-order valence-corrected chi connectivity index (χ4v) is 6.08. The summed E-state index contributed by atoms with van der Waals surface area (Å²) in [5.41, 5.74) is 4.11. The van der Waals surface area contributed by atoms with Crippen molar-refractivity contribution in [2.45, 2.75) is 29.8 Å². The molecule has 0 saturated carbocycles. The van der Waals surface area contributed by atoms with Crippen molar-refractivity contribution in [1.29, 1.82) is 0 Å². The van der Waals surface area contributed by atoms with Crippen molar-refractivity contribution in [3.05, 3.63) is 108 Å². The van der Waals surface area contributed by atoms with E-state index in [1.165, 1.54) is 49.2 Å². The molecule has 3 aromatic carbocycles. The highest BCUT2D eigenvalue weighted by atomic mass is 32.2. The lowest BCUT2D eigenvalue weighted by Gasteiger charge is -2.40. The molecule has 0 spiro atoms. The number of piperidine rings is 1. The van der Waals surface area contributed by atoms with Gasteiger partial charge in [0.1, 0.15) is 0 Å². The second-order valence-corrected chi connectivity index (χ2v) is 9.05. The summed E-state index contributed by atoms with van der Waals surface area (Å²) < 4.78 is -0.178.